The van der Waals surface area contributed by atoms with Gasteiger partial charge in [-0.05, 0) is 42.7 Å². The highest BCUT2D eigenvalue weighted by Crippen LogP contribution is 2.39. The van der Waals surface area contributed by atoms with Gasteiger partial charge in [0.1, 0.15) is 5.82 Å². The molecule has 6 nitrogen and oxygen atoms in total. The molecule has 1 N–H and O–H groups in total. The van der Waals surface area contributed by atoms with Gasteiger partial charge in [0, 0.05) is 13.2 Å². The van der Waals surface area contributed by atoms with Crippen LogP contribution in [0.4, 0.5) is 4.39 Å². The van der Waals surface area contributed by atoms with Gasteiger partial charge >= 0.3 is 0 Å². The zero-order valence-corrected chi connectivity index (χ0v) is 14.4. The zero-order chi connectivity index (χ0) is 19.0. The Hall–Kier alpha value is -2.93. The van der Waals surface area contributed by atoms with Crippen molar-refractivity contribution in [3.05, 3.63) is 71.1 Å². The molecule has 2 aliphatic rings. The first-order valence-electron chi connectivity index (χ1n) is 8.75. The molecule has 2 atom stereocenters. The van der Waals surface area contributed by atoms with E-state index in [4.69, 9.17) is 9.15 Å². The van der Waals surface area contributed by atoms with E-state index in [0.717, 1.165) is 12.8 Å². The van der Waals surface area contributed by atoms with Crippen LogP contribution in [-0.2, 0) is 9.53 Å². The number of aliphatic hydroxyl groups is 1. The number of aliphatic hydroxyl groups excluding tert-OH is 1. The second-order valence-corrected chi connectivity index (χ2v) is 6.62. The summed E-state index contributed by atoms with van der Waals surface area (Å²) in [6, 6.07) is 7.71. The molecule has 0 spiro atoms. The number of hydrogen-bond acceptors (Lipinski definition) is 5. The third-order valence-electron chi connectivity index (χ3n) is 4.90. The van der Waals surface area contributed by atoms with E-state index in [9.17, 15) is 19.1 Å². The molecule has 2 aliphatic heterocycles. The van der Waals surface area contributed by atoms with E-state index in [2.05, 4.69) is 0 Å². The molecule has 0 aliphatic carbocycles. The summed E-state index contributed by atoms with van der Waals surface area (Å²) in [5.74, 6) is -2.23. The molecule has 140 valence electrons. The monoisotopic (exact) mass is 371 g/mol. The second-order valence-electron chi connectivity index (χ2n) is 6.62. The molecule has 1 amide bonds. The maximum Gasteiger partial charge on any atom is 0.290 e. The summed E-state index contributed by atoms with van der Waals surface area (Å²) in [7, 11) is 0. The first-order valence-corrected chi connectivity index (χ1v) is 8.75. The van der Waals surface area contributed by atoms with E-state index < -0.39 is 29.3 Å². The number of carbonyl (C=O) groups excluding carboxylic acids is 2. The van der Waals surface area contributed by atoms with E-state index in [-0.39, 0.29) is 24.0 Å². The Morgan fingerprint density at radius 2 is 2.04 bits per heavy atom. The number of carbonyl (C=O) groups is 2. The van der Waals surface area contributed by atoms with Gasteiger partial charge in [-0.25, -0.2) is 4.39 Å². The van der Waals surface area contributed by atoms with Crippen LogP contribution in [0.3, 0.4) is 0 Å². The van der Waals surface area contributed by atoms with Gasteiger partial charge in [0.2, 0.25) is 5.78 Å². The Balaban J connectivity index is 1.75. The molecule has 2 aromatic rings. The molecule has 1 saturated heterocycles. The van der Waals surface area contributed by atoms with Gasteiger partial charge < -0.3 is 19.2 Å². The number of hydrogen-bond donors (Lipinski definition) is 1. The van der Waals surface area contributed by atoms with Crippen LogP contribution in [0.2, 0.25) is 0 Å². The van der Waals surface area contributed by atoms with Crippen molar-refractivity contribution in [1.82, 2.24) is 4.90 Å². The summed E-state index contributed by atoms with van der Waals surface area (Å²) in [5, 5.41) is 10.5. The maximum atomic E-state index is 13.4. The molecular weight excluding hydrogens is 353 g/mol. The number of benzene rings is 1. The van der Waals surface area contributed by atoms with Crippen molar-refractivity contribution in [1.29, 1.82) is 0 Å². The molecule has 7 heteroatoms. The fraction of sp³-hybridized carbons (Fsp3) is 0.300. The van der Waals surface area contributed by atoms with E-state index in [1.807, 2.05) is 0 Å². The van der Waals surface area contributed by atoms with Gasteiger partial charge in [-0.15, -0.1) is 0 Å². The summed E-state index contributed by atoms with van der Waals surface area (Å²) in [6.45, 7) is 0.853. The van der Waals surface area contributed by atoms with Crippen LogP contribution >= 0.6 is 0 Å². The van der Waals surface area contributed by atoms with E-state index in [1.165, 1.54) is 41.5 Å². The Morgan fingerprint density at radius 1 is 1.26 bits per heavy atom. The van der Waals surface area contributed by atoms with Crippen molar-refractivity contribution >= 4 is 11.7 Å². The molecule has 0 unspecified atom stereocenters. The summed E-state index contributed by atoms with van der Waals surface area (Å²) in [5.41, 5.74) is 0.459. The van der Waals surface area contributed by atoms with Crippen molar-refractivity contribution in [3.63, 3.8) is 0 Å². The summed E-state index contributed by atoms with van der Waals surface area (Å²) in [4.78, 5) is 27.0. The standard InChI is InChI=1S/C20H18FNO5/c21-13-7-5-12(6-8-13)17-16(18(23)15-4-2-10-27-15)19(24)20(25)22(17)11-14-3-1-9-26-14/h2,4-8,10,14,17,24H,1,3,9,11H2/t14-,17+/m1/s1. The summed E-state index contributed by atoms with van der Waals surface area (Å²) >= 11 is 0. The van der Waals surface area contributed by atoms with E-state index in [1.54, 1.807) is 6.07 Å². The average Bonchev–Trinajstić information content (AvgIpc) is 3.41. The number of amides is 1. The lowest BCUT2D eigenvalue weighted by molar-refractivity contribution is -0.131. The number of halogens is 1. The first kappa shape index (κ1) is 17.5. The van der Waals surface area contributed by atoms with Crippen LogP contribution in [-0.4, -0.2) is 41.0 Å². The molecule has 0 bridgehead atoms. The minimum atomic E-state index is -0.833. The first-order chi connectivity index (χ1) is 13.1. The van der Waals surface area contributed by atoms with Crippen LogP contribution in [0, 0.1) is 5.82 Å². The third-order valence-corrected chi connectivity index (χ3v) is 4.90. The highest BCUT2D eigenvalue weighted by Gasteiger charge is 2.45. The van der Waals surface area contributed by atoms with Gasteiger partial charge in [-0.3, -0.25) is 9.59 Å². The summed E-state index contributed by atoms with van der Waals surface area (Å²) in [6.07, 6.45) is 2.87. The molecule has 3 heterocycles. The fourth-order valence-electron chi connectivity index (χ4n) is 3.61. The van der Waals surface area contributed by atoms with Gasteiger partial charge in [-0.2, -0.15) is 0 Å². The Morgan fingerprint density at radius 3 is 2.67 bits per heavy atom. The Kier molecular flexibility index (Phi) is 4.53. The van der Waals surface area contributed by atoms with Crippen molar-refractivity contribution in [2.45, 2.75) is 25.0 Å². The van der Waals surface area contributed by atoms with E-state index in [0.29, 0.717) is 12.2 Å². The lowest BCUT2D eigenvalue weighted by Crippen LogP contribution is -2.37. The minimum absolute atomic E-state index is 0.0235. The third kappa shape index (κ3) is 3.14. The molecule has 1 aromatic heterocycles. The fourth-order valence-corrected chi connectivity index (χ4v) is 3.61. The summed E-state index contributed by atoms with van der Waals surface area (Å²) < 4.78 is 24.2. The lowest BCUT2D eigenvalue weighted by Gasteiger charge is -2.28. The van der Waals surface area contributed by atoms with Gasteiger partial charge in [-0.1, -0.05) is 12.1 Å². The van der Waals surface area contributed by atoms with Gasteiger partial charge in [0.05, 0.1) is 24.0 Å². The van der Waals surface area contributed by atoms with Gasteiger partial charge in [0.25, 0.3) is 5.91 Å². The SMILES string of the molecule is O=C(C1=C(O)C(=O)N(C[C@H]2CCCO2)[C@H]1c1ccc(F)cc1)c1ccco1. The van der Waals surface area contributed by atoms with Gasteiger partial charge in [0.15, 0.2) is 11.5 Å². The van der Waals surface area contributed by atoms with Crippen LogP contribution in [0.15, 0.2) is 58.4 Å². The van der Waals surface area contributed by atoms with Crippen LogP contribution in [0.5, 0.6) is 0 Å². The predicted octanol–water partition coefficient (Wildman–Crippen LogP) is 3.18. The predicted molar refractivity (Wildman–Crippen MR) is 92.5 cm³/mol. The number of ketones is 1. The molecule has 1 aromatic carbocycles. The zero-order valence-electron chi connectivity index (χ0n) is 14.4. The minimum Gasteiger partial charge on any atom is -0.503 e. The molecule has 0 radical (unpaired) electrons. The maximum absolute atomic E-state index is 13.4. The number of rotatable bonds is 5. The topological polar surface area (TPSA) is 80.0 Å². The normalized spacial score (nSPS) is 22.7. The second kappa shape index (κ2) is 7.00. The van der Waals surface area contributed by atoms with Crippen LogP contribution < -0.4 is 0 Å². The molecule has 4 rings (SSSR count). The molecule has 0 saturated carbocycles. The number of ether oxygens (including phenoxy) is 1. The molecule has 1 fully saturated rings. The van der Waals surface area contributed by atoms with E-state index >= 15 is 0 Å². The van der Waals surface area contributed by atoms with Crippen molar-refractivity contribution in [3.8, 4) is 0 Å². The quantitative estimate of drug-likeness (QED) is 0.817. The highest BCUT2D eigenvalue weighted by molar-refractivity contribution is 6.15. The number of nitrogens with zero attached hydrogens (tertiary/aromatic N) is 1. The van der Waals surface area contributed by atoms with Crippen LogP contribution in [0.25, 0.3) is 0 Å². The Bertz CT molecular complexity index is 882. The molecule has 27 heavy (non-hydrogen) atoms. The van der Waals surface area contributed by atoms with Crippen molar-refractivity contribution < 1.29 is 28.2 Å². The molecular formula is C20H18FNO5. The average molecular weight is 371 g/mol. The smallest absolute Gasteiger partial charge is 0.290 e. The van der Waals surface area contributed by atoms with Crippen molar-refractivity contribution in [2.24, 2.45) is 0 Å². The number of furan rings is 1. The lowest BCUT2D eigenvalue weighted by atomic mass is 9.95. The van der Waals surface area contributed by atoms with Crippen LogP contribution in [0.1, 0.15) is 35.0 Å². The highest BCUT2D eigenvalue weighted by atomic mass is 19.1. The number of Topliss-reactive ketones (excluding diaryl/α,β-unsaturated/α-hetero) is 1. The Labute approximate surface area is 154 Å². The van der Waals surface area contributed by atoms with Crippen molar-refractivity contribution in [2.75, 3.05) is 13.2 Å². The largest absolute Gasteiger partial charge is 0.503 e.